The zero-order chi connectivity index (χ0) is 14.7. The number of nitriles is 1. The van der Waals surface area contributed by atoms with E-state index in [9.17, 15) is 4.79 Å². The number of rotatable bonds is 1. The summed E-state index contributed by atoms with van der Waals surface area (Å²) in [5.74, 6) is 0.167. The maximum absolute atomic E-state index is 9.44. The summed E-state index contributed by atoms with van der Waals surface area (Å²) >= 11 is 0. The van der Waals surface area contributed by atoms with Gasteiger partial charge >= 0.3 is 0 Å². The molecule has 2 saturated heterocycles. The number of hydrogen-bond donors (Lipinski definition) is 1. The summed E-state index contributed by atoms with van der Waals surface area (Å²) in [5.41, 5.74) is 2.13. The summed E-state index contributed by atoms with van der Waals surface area (Å²) < 4.78 is 0. The van der Waals surface area contributed by atoms with Crippen molar-refractivity contribution in [2.24, 2.45) is 0 Å². The van der Waals surface area contributed by atoms with Gasteiger partial charge in [0.15, 0.2) is 0 Å². The molecule has 1 unspecified atom stereocenters. The van der Waals surface area contributed by atoms with E-state index < -0.39 is 0 Å². The molecule has 21 heavy (non-hydrogen) atoms. The van der Waals surface area contributed by atoms with E-state index in [0.29, 0.717) is 6.54 Å². The zero-order valence-corrected chi connectivity index (χ0v) is 11.6. The molecule has 0 aliphatic carbocycles. The van der Waals surface area contributed by atoms with Crippen LogP contribution in [0.4, 0.5) is 5.69 Å². The van der Waals surface area contributed by atoms with E-state index >= 15 is 0 Å². The first-order valence-electron chi connectivity index (χ1n) is 7.06. The maximum Gasteiger partial charge on any atom is 0.239 e. The zero-order valence-electron chi connectivity index (χ0n) is 11.6. The van der Waals surface area contributed by atoms with Crippen LogP contribution in [0.1, 0.15) is 12.8 Å². The number of amides is 1. The normalized spacial score (nSPS) is 19.5. The highest BCUT2D eigenvalue weighted by molar-refractivity contribution is 5.92. The number of pyridine rings is 1. The second-order valence-corrected chi connectivity index (χ2v) is 5.10. The van der Waals surface area contributed by atoms with Crippen molar-refractivity contribution in [2.75, 3.05) is 18.0 Å². The average molecular weight is 280 g/mol. The van der Waals surface area contributed by atoms with Crippen molar-refractivity contribution in [3.8, 4) is 6.07 Å². The SMILES string of the molecule is N#CC1CCCN1c1ccnc2ccccc12.O=C1CN1. The predicted molar refractivity (Wildman–Crippen MR) is 80.7 cm³/mol. The number of fused-ring (bicyclic) bond motifs is 1. The minimum absolute atomic E-state index is 0.0146. The van der Waals surface area contributed by atoms with Crippen LogP contribution < -0.4 is 10.2 Å². The van der Waals surface area contributed by atoms with Crippen LogP contribution in [-0.2, 0) is 4.79 Å². The lowest BCUT2D eigenvalue weighted by Crippen LogP contribution is -2.27. The lowest BCUT2D eigenvalue weighted by molar-refractivity contribution is -0.110. The van der Waals surface area contributed by atoms with Crippen molar-refractivity contribution in [3.63, 3.8) is 0 Å². The molecule has 0 radical (unpaired) electrons. The van der Waals surface area contributed by atoms with Gasteiger partial charge in [-0.2, -0.15) is 5.26 Å². The van der Waals surface area contributed by atoms with E-state index in [-0.39, 0.29) is 11.9 Å². The van der Waals surface area contributed by atoms with Crippen LogP contribution in [0.3, 0.4) is 0 Å². The van der Waals surface area contributed by atoms with Crippen LogP contribution in [0.25, 0.3) is 10.9 Å². The Morgan fingerprint density at radius 3 is 2.81 bits per heavy atom. The monoisotopic (exact) mass is 280 g/mol. The summed E-state index contributed by atoms with van der Waals surface area (Å²) in [4.78, 5) is 16.0. The Bertz CT molecular complexity index is 695. The Kier molecular flexibility index (Phi) is 3.69. The van der Waals surface area contributed by atoms with Crippen molar-refractivity contribution in [3.05, 3.63) is 36.5 Å². The number of carbonyl (C=O) groups excluding carboxylic acids is 1. The van der Waals surface area contributed by atoms with E-state index in [4.69, 9.17) is 5.26 Å². The van der Waals surface area contributed by atoms with Crippen molar-refractivity contribution in [1.29, 1.82) is 5.26 Å². The highest BCUT2D eigenvalue weighted by Crippen LogP contribution is 2.30. The second-order valence-electron chi connectivity index (χ2n) is 5.10. The minimum atomic E-state index is 0.0146. The molecule has 2 aliphatic rings. The summed E-state index contributed by atoms with van der Waals surface area (Å²) in [7, 11) is 0. The Labute approximate surface area is 123 Å². The van der Waals surface area contributed by atoms with Crippen molar-refractivity contribution < 1.29 is 4.79 Å². The molecule has 1 N–H and O–H groups in total. The molecule has 3 heterocycles. The Morgan fingerprint density at radius 1 is 1.33 bits per heavy atom. The van der Waals surface area contributed by atoms with Gasteiger partial charge in [0.25, 0.3) is 0 Å². The Hall–Kier alpha value is -2.61. The standard InChI is InChI=1S/C14H13N3.C2H3NO/c15-10-11-4-3-9-17(11)14-7-8-16-13-6-2-1-5-12(13)14;4-2-1-3-2/h1-2,5-8,11H,3-4,9H2;1H2,(H,3,4). The van der Waals surface area contributed by atoms with Crippen LogP contribution >= 0.6 is 0 Å². The van der Waals surface area contributed by atoms with Crippen LogP contribution in [0.15, 0.2) is 36.5 Å². The van der Waals surface area contributed by atoms with Crippen LogP contribution in [-0.4, -0.2) is 30.0 Å². The van der Waals surface area contributed by atoms with Crippen molar-refractivity contribution in [1.82, 2.24) is 10.3 Å². The van der Waals surface area contributed by atoms with E-state index in [2.05, 4.69) is 27.3 Å². The first kappa shape index (κ1) is 13.4. The summed E-state index contributed by atoms with van der Waals surface area (Å²) in [6, 6.07) is 12.5. The molecule has 0 bridgehead atoms. The molecule has 1 amide bonds. The quantitative estimate of drug-likeness (QED) is 0.808. The first-order valence-corrected chi connectivity index (χ1v) is 7.06. The molecule has 5 nitrogen and oxygen atoms in total. The number of aromatic nitrogens is 1. The first-order chi connectivity index (χ1) is 10.3. The topological polar surface area (TPSA) is 78.9 Å². The lowest BCUT2D eigenvalue weighted by Gasteiger charge is -2.23. The number of anilines is 1. The third-order valence-electron chi connectivity index (χ3n) is 3.66. The number of hydrogen-bond acceptors (Lipinski definition) is 4. The molecule has 0 spiro atoms. The van der Waals surface area contributed by atoms with Crippen molar-refractivity contribution in [2.45, 2.75) is 18.9 Å². The fourth-order valence-corrected chi connectivity index (χ4v) is 2.56. The van der Waals surface area contributed by atoms with Gasteiger partial charge in [0.05, 0.1) is 18.1 Å². The molecule has 1 atom stereocenters. The van der Waals surface area contributed by atoms with Gasteiger partial charge in [-0.1, -0.05) is 18.2 Å². The van der Waals surface area contributed by atoms with Crippen molar-refractivity contribution >= 4 is 22.5 Å². The molecule has 2 fully saturated rings. The number of nitrogens with zero attached hydrogens (tertiary/aromatic N) is 3. The number of nitrogens with one attached hydrogen (secondary N) is 1. The van der Waals surface area contributed by atoms with E-state index in [1.807, 2.05) is 30.5 Å². The largest absolute Gasteiger partial charge is 0.355 e. The smallest absolute Gasteiger partial charge is 0.239 e. The van der Waals surface area contributed by atoms with Gasteiger partial charge in [0, 0.05) is 23.8 Å². The molecular weight excluding hydrogens is 264 g/mol. The third-order valence-corrected chi connectivity index (χ3v) is 3.66. The molecule has 0 saturated carbocycles. The predicted octanol–water partition coefficient (Wildman–Crippen LogP) is 1.84. The highest BCUT2D eigenvalue weighted by Gasteiger charge is 2.25. The van der Waals surface area contributed by atoms with Gasteiger partial charge in [-0.05, 0) is 25.0 Å². The summed E-state index contributed by atoms with van der Waals surface area (Å²) in [6.45, 7) is 1.56. The molecule has 1 aromatic carbocycles. The Morgan fingerprint density at radius 2 is 2.10 bits per heavy atom. The summed E-state index contributed by atoms with van der Waals surface area (Å²) in [5, 5.41) is 12.8. The van der Waals surface area contributed by atoms with E-state index in [1.165, 1.54) is 0 Å². The van der Waals surface area contributed by atoms with Gasteiger partial charge < -0.3 is 10.2 Å². The van der Waals surface area contributed by atoms with E-state index in [1.54, 1.807) is 0 Å². The molecule has 1 aromatic heterocycles. The van der Waals surface area contributed by atoms with Crippen LogP contribution in [0, 0.1) is 11.3 Å². The molecule has 2 aliphatic heterocycles. The fourth-order valence-electron chi connectivity index (χ4n) is 2.56. The van der Waals surface area contributed by atoms with Crippen LogP contribution in [0.2, 0.25) is 0 Å². The van der Waals surface area contributed by atoms with Gasteiger partial charge in [-0.15, -0.1) is 0 Å². The highest BCUT2D eigenvalue weighted by atomic mass is 16.2. The molecule has 2 aromatic rings. The second kappa shape index (κ2) is 5.80. The van der Waals surface area contributed by atoms with Gasteiger partial charge in [-0.3, -0.25) is 9.78 Å². The average Bonchev–Trinajstić information content (AvgIpc) is 3.17. The number of para-hydroxylation sites is 1. The number of carbonyl (C=O) groups is 1. The maximum atomic E-state index is 9.44. The molecular formula is C16H16N4O. The van der Waals surface area contributed by atoms with Gasteiger partial charge in [-0.25, -0.2) is 0 Å². The van der Waals surface area contributed by atoms with E-state index in [0.717, 1.165) is 36.0 Å². The minimum Gasteiger partial charge on any atom is -0.355 e. The van der Waals surface area contributed by atoms with Crippen LogP contribution in [0.5, 0.6) is 0 Å². The molecule has 4 rings (SSSR count). The summed E-state index contributed by atoms with van der Waals surface area (Å²) in [6.07, 6.45) is 3.88. The Balaban J connectivity index is 0.000000287. The van der Waals surface area contributed by atoms with Gasteiger partial charge in [0.2, 0.25) is 5.91 Å². The molecule has 106 valence electrons. The fraction of sp³-hybridized carbons (Fsp3) is 0.312. The molecule has 5 heteroatoms. The lowest BCUT2D eigenvalue weighted by atomic mass is 10.1. The van der Waals surface area contributed by atoms with Gasteiger partial charge in [0.1, 0.15) is 6.04 Å². The third kappa shape index (κ3) is 2.95. The number of benzene rings is 1.